The summed E-state index contributed by atoms with van der Waals surface area (Å²) in [5.41, 5.74) is -0.551. The third-order valence-corrected chi connectivity index (χ3v) is 1.63. The third-order valence-electron chi connectivity index (χ3n) is 1.63. The summed E-state index contributed by atoms with van der Waals surface area (Å²) in [7, 11) is 0. The predicted octanol–water partition coefficient (Wildman–Crippen LogP) is 0.546. The topological polar surface area (TPSA) is 49.7 Å². The van der Waals surface area contributed by atoms with Crippen LogP contribution in [0.5, 0.6) is 0 Å². The lowest BCUT2D eigenvalue weighted by Crippen LogP contribution is -2.34. The van der Waals surface area contributed by atoms with Gasteiger partial charge in [-0.2, -0.15) is 0 Å². The SMILES string of the molecule is CCCOC(C)(CO)CCO. The van der Waals surface area contributed by atoms with Crippen molar-refractivity contribution >= 4 is 0 Å². The van der Waals surface area contributed by atoms with Crippen LogP contribution in [0.1, 0.15) is 26.7 Å². The first-order valence-electron chi connectivity index (χ1n) is 4.04. The molecule has 11 heavy (non-hydrogen) atoms. The van der Waals surface area contributed by atoms with Crippen LogP contribution in [0.3, 0.4) is 0 Å². The minimum atomic E-state index is -0.551. The molecule has 0 spiro atoms. The number of aliphatic hydroxyl groups is 2. The average molecular weight is 162 g/mol. The largest absolute Gasteiger partial charge is 0.396 e. The molecule has 0 aliphatic carbocycles. The normalized spacial score (nSPS) is 16.4. The smallest absolute Gasteiger partial charge is 0.0905 e. The van der Waals surface area contributed by atoms with Crippen LogP contribution in [0.4, 0.5) is 0 Å². The first kappa shape index (κ1) is 10.9. The Hall–Kier alpha value is -0.120. The summed E-state index contributed by atoms with van der Waals surface area (Å²) in [4.78, 5) is 0. The first-order valence-corrected chi connectivity index (χ1v) is 4.04. The number of aliphatic hydroxyl groups excluding tert-OH is 2. The maximum atomic E-state index is 8.91. The maximum absolute atomic E-state index is 8.91. The van der Waals surface area contributed by atoms with Crippen LogP contribution in [0.2, 0.25) is 0 Å². The van der Waals surface area contributed by atoms with Crippen LogP contribution >= 0.6 is 0 Å². The van der Waals surface area contributed by atoms with Crippen molar-refractivity contribution in [2.24, 2.45) is 0 Å². The van der Waals surface area contributed by atoms with Gasteiger partial charge in [-0.15, -0.1) is 0 Å². The molecule has 0 fully saturated rings. The van der Waals surface area contributed by atoms with E-state index in [2.05, 4.69) is 0 Å². The summed E-state index contributed by atoms with van der Waals surface area (Å²) in [6.07, 6.45) is 1.42. The zero-order chi connectivity index (χ0) is 8.74. The molecule has 68 valence electrons. The molecule has 0 aliphatic rings. The lowest BCUT2D eigenvalue weighted by Gasteiger charge is -2.26. The molecule has 3 heteroatoms. The monoisotopic (exact) mass is 162 g/mol. The molecule has 0 aromatic heterocycles. The highest BCUT2D eigenvalue weighted by Crippen LogP contribution is 2.13. The van der Waals surface area contributed by atoms with Gasteiger partial charge in [0.15, 0.2) is 0 Å². The van der Waals surface area contributed by atoms with Crippen molar-refractivity contribution in [3.8, 4) is 0 Å². The second-order valence-corrected chi connectivity index (χ2v) is 2.93. The number of hydrogen-bond acceptors (Lipinski definition) is 3. The van der Waals surface area contributed by atoms with E-state index >= 15 is 0 Å². The van der Waals surface area contributed by atoms with Gasteiger partial charge in [-0.3, -0.25) is 0 Å². The lowest BCUT2D eigenvalue weighted by atomic mass is 10.0. The molecule has 0 heterocycles. The van der Waals surface area contributed by atoms with E-state index in [1.54, 1.807) is 6.92 Å². The predicted molar refractivity (Wildman–Crippen MR) is 43.4 cm³/mol. The van der Waals surface area contributed by atoms with Gasteiger partial charge in [-0.25, -0.2) is 0 Å². The van der Waals surface area contributed by atoms with Crippen LogP contribution in [-0.4, -0.2) is 35.6 Å². The average Bonchev–Trinajstić information content (AvgIpc) is 2.02. The zero-order valence-corrected chi connectivity index (χ0v) is 7.34. The minimum Gasteiger partial charge on any atom is -0.396 e. The molecule has 0 saturated heterocycles. The minimum absolute atomic E-state index is 0.0342. The van der Waals surface area contributed by atoms with E-state index in [1.165, 1.54) is 0 Å². The van der Waals surface area contributed by atoms with Gasteiger partial charge in [0.1, 0.15) is 0 Å². The molecule has 1 unspecified atom stereocenters. The number of rotatable bonds is 6. The molecule has 1 atom stereocenters. The van der Waals surface area contributed by atoms with Gasteiger partial charge in [0.2, 0.25) is 0 Å². The Labute approximate surface area is 68.0 Å². The van der Waals surface area contributed by atoms with Crippen LogP contribution in [-0.2, 0) is 4.74 Å². The fourth-order valence-corrected chi connectivity index (χ4v) is 0.782. The third kappa shape index (κ3) is 4.35. The van der Waals surface area contributed by atoms with Gasteiger partial charge in [0.25, 0.3) is 0 Å². The van der Waals surface area contributed by atoms with E-state index in [0.29, 0.717) is 13.0 Å². The van der Waals surface area contributed by atoms with E-state index in [9.17, 15) is 0 Å². The molecular formula is C8H18O3. The summed E-state index contributed by atoms with van der Waals surface area (Å²) < 4.78 is 5.36. The fourth-order valence-electron chi connectivity index (χ4n) is 0.782. The van der Waals surface area contributed by atoms with Gasteiger partial charge in [0.05, 0.1) is 12.2 Å². The quantitative estimate of drug-likeness (QED) is 0.599. The lowest BCUT2D eigenvalue weighted by molar-refractivity contribution is -0.0784. The van der Waals surface area contributed by atoms with Crippen LogP contribution < -0.4 is 0 Å². The molecule has 0 bridgehead atoms. The summed E-state index contributed by atoms with van der Waals surface area (Å²) >= 11 is 0. The van der Waals surface area contributed by atoms with Gasteiger partial charge >= 0.3 is 0 Å². The molecule has 0 radical (unpaired) electrons. The van der Waals surface area contributed by atoms with Crippen LogP contribution in [0, 0.1) is 0 Å². The van der Waals surface area contributed by atoms with E-state index in [0.717, 1.165) is 6.42 Å². The Morgan fingerprint density at radius 3 is 2.36 bits per heavy atom. The van der Waals surface area contributed by atoms with Gasteiger partial charge in [-0.05, 0) is 13.3 Å². The fraction of sp³-hybridized carbons (Fsp3) is 1.00. The van der Waals surface area contributed by atoms with E-state index in [1.807, 2.05) is 6.92 Å². The number of hydrogen-bond donors (Lipinski definition) is 2. The van der Waals surface area contributed by atoms with E-state index in [4.69, 9.17) is 14.9 Å². The second-order valence-electron chi connectivity index (χ2n) is 2.93. The summed E-state index contributed by atoms with van der Waals surface area (Å²) in [5, 5.41) is 17.5. The van der Waals surface area contributed by atoms with Crippen molar-refractivity contribution in [3.63, 3.8) is 0 Å². The Kier molecular flexibility index (Phi) is 5.46. The standard InChI is InChI=1S/C8H18O3/c1-3-6-11-8(2,7-10)4-5-9/h9-10H,3-7H2,1-2H3. The van der Waals surface area contributed by atoms with E-state index < -0.39 is 5.60 Å². The zero-order valence-electron chi connectivity index (χ0n) is 7.34. The molecule has 0 rings (SSSR count). The second kappa shape index (κ2) is 5.52. The van der Waals surface area contributed by atoms with Gasteiger partial charge in [0, 0.05) is 19.6 Å². The van der Waals surface area contributed by atoms with Crippen molar-refractivity contribution in [1.82, 2.24) is 0 Å². The molecule has 0 amide bonds. The van der Waals surface area contributed by atoms with Crippen LogP contribution in [0.15, 0.2) is 0 Å². The number of ether oxygens (including phenoxy) is 1. The maximum Gasteiger partial charge on any atom is 0.0905 e. The molecule has 0 aromatic carbocycles. The molecule has 2 N–H and O–H groups in total. The molecular weight excluding hydrogens is 144 g/mol. The Morgan fingerprint density at radius 2 is 2.00 bits per heavy atom. The summed E-state index contributed by atoms with van der Waals surface area (Å²) in [6, 6.07) is 0. The summed E-state index contributed by atoms with van der Waals surface area (Å²) in [5.74, 6) is 0. The van der Waals surface area contributed by atoms with Crippen molar-refractivity contribution in [3.05, 3.63) is 0 Å². The van der Waals surface area contributed by atoms with E-state index in [-0.39, 0.29) is 13.2 Å². The van der Waals surface area contributed by atoms with Crippen molar-refractivity contribution in [1.29, 1.82) is 0 Å². The Bertz CT molecular complexity index is 95.3. The Morgan fingerprint density at radius 1 is 1.36 bits per heavy atom. The van der Waals surface area contributed by atoms with Crippen LogP contribution in [0.25, 0.3) is 0 Å². The van der Waals surface area contributed by atoms with Crippen molar-refractivity contribution < 1.29 is 14.9 Å². The van der Waals surface area contributed by atoms with Gasteiger partial charge in [-0.1, -0.05) is 6.92 Å². The highest BCUT2D eigenvalue weighted by atomic mass is 16.5. The highest BCUT2D eigenvalue weighted by molar-refractivity contribution is 4.72. The molecule has 3 nitrogen and oxygen atoms in total. The summed E-state index contributed by atoms with van der Waals surface area (Å²) in [6.45, 7) is 4.47. The van der Waals surface area contributed by atoms with Crippen molar-refractivity contribution in [2.45, 2.75) is 32.3 Å². The van der Waals surface area contributed by atoms with Gasteiger partial charge < -0.3 is 14.9 Å². The Balaban J connectivity index is 3.68. The highest BCUT2D eigenvalue weighted by Gasteiger charge is 2.22. The first-order chi connectivity index (χ1) is 5.18. The molecule has 0 saturated carbocycles. The van der Waals surface area contributed by atoms with Crippen molar-refractivity contribution in [2.75, 3.05) is 19.8 Å². The molecule has 0 aromatic rings. The molecule has 0 aliphatic heterocycles.